The average molecular weight is 227 g/mol. The van der Waals surface area contributed by atoms with E-state index in [4.69, 9.17) is 0 Å². The van der Waals surface area contributed by atoms with Crippen molar-refractivity contribution in [3.8, 4) is 0 Å². The van der Waals surface area contributed by atoms with Crippen LogP contribution in [0, 0.1) is 0 Å². The van der Waals surface area contributed by atoms with Gasteiger partial charge < -0.3 is 10.2 Å². The summed E-state index contributed by atoms with van der Waals surface area (Å²) in [6.07, 6.45) is 1.26. The molecule has 3 nitrogen and oxygen atoms in total. The van der Waals surface area contributed by atoms with Gasteiger partial charge in [0, 0.05) is 31.2 Å². The van der Waals surface area contributed by atoms with Crippen LogP contribution in [0.4, 0.5) is 0 Å². The normalized spacial score (nSPS) is 30.6. The summed E-state index contributed by atoms with van der Waals surface area (Å²) >= 11 is 0. The number of hydrogen-bond acceptors (Lipinski definition) is 3. The van der Waals surface area contributed by atoms with Gasteiger partial charge in [-0.3, -0.25) is 4.90 Å². The molecule has 0 aromatic rings. The van der Waals surface area contributed by atoms with Gasteiger partial charge in [0.15, 0.2) is 0 Å². The molecule has 0 amide bonds. The smallest absolute Gasteiger partial charge is 0.0195 e. The van der Waals surface area contributed by atoms with Crippen LogP contribution < -0.4 is 5.32 Å². The third kappa shape index (κ3) is 4.04. The summed E-state index contributed by atoms with van der Waals surface area (Å²) in [6, 6.07) is 2.03. The maximum atomic E-state index is 3.48. The van der Waals surface area contributed by atoms with Crippen molar-refractivity contribution in [3.05, 3.63) is 0 Å². The molecule has 1 aliphatic rings. The highest BCUT2D eigenvalue weighted by Gasteiger charge is 2.26. The second-order valence-corrected chi connectivity index (χ2v) is 5.37. The lowest BCUT2D eigenvalue weighted by Gasteiger charge is -2.42. The monoisotopic (exact) mass is 227 g/mol. The predicted molar refractivity (Wildman–Crippen MR) is 70.9 cm³/mol. The lowest BCUT2D eigenvalue weighted by molar-refractivity contribution is 0.0581. The van der Waals surface area contributed by atoms with E-state index in [9.17, 15) is 0 Å². The molecule has 3 heteroatoms. The Balaban J connectivity index is 2.28. The first kappa shape index (κ1) is 13.9. The molecule has 16 heavy (non-hydrogen) atoms. The molecule has 0 saturated carbocycles. The van der Waals surface area contributed by atoms with E-state index >= 15 is 0 Å². The van der Waals surface area contributed by atoms with Gasteiger partial charge in [-0.25, -0.2) is 0 Å². The Bertz CT molecular complexity index is 184. The van der Waals surface area contributed by atoms with Crippen LogP contribution in [0.25, 0.3) is 0 Å². The van der Waals surface area contributed by atoms with Crippen molar-refractivity contribution < 1.29 is 0 Å². The van der Waals surface area contributed by atoms with Crippen molar-refractivity contribution in [3.63, 3.8) is 0 Å². The van der Waals surface area contributed by atoms with Crippen LogP contribution in [0.1, 0.15) is 34.1 Å². The number of nitrogens with zero attached hydrogens (tertiary/aromatic N) is 2. The number of hydrogen-bond donors (Lipinski definition) is 1. The van der Waals surface area contributed by atoms with E-state index < -0.39 is 0 Å². The van der Waals surface area contributed by atoms with Gasteiger partial charge in [-0.05, 0) is 47.3 Å². The first-order valence-corrected chi connectivity index (χ1v) is 6.72. The molecule has 0 bridgehead atoms. The zero-order chi connectivity index (χ0) is 12.1. The van der Waals surface area contributed by atoms with Crippen molar-refractivity contribution >= 4 is 0 Å². The first-order chi connectivity index (χ1) is 7.54. The van der Waals surface area contributed by atoms with E-state index in [0.29, 0.717) is 18.1 Å². The Morgan fingerprint density at radius 1 is 1.25 bits per heavy atom. The Labute approximate surface area is 101 Å². The molecular weight excluding hydrogens is 198 g/mol. The fourth-order valence-corrected chi connectivity index (χ4v) is 2.52. The number of rotatable bonds is 5. The van der Waals surface area contributed by atoms with Crippen LogP contribution in [0.3, 0.4) is 0 Å². The Morgan fingerprint density at radius 2 is 1.81 bits per heavy atom. The molecule has 1 N–H and O–H groups in total. The van der Waals surface area contributed by atoms with E-state index in [-0.39, 0.29) is 0 Å². The van der Waals surface area contributed by atoms with E-state index in [1.54, 1.807) is 0 Å². The Hall–Kier alpha value is -0.120. The van der Waals surface area contributed by atoms with Crippen LogP contribution in [-0.4, -0.2) is 61.2 Å². The molecule has 1 fully saturated rings. The fraction of sp³-hybridized carbons (Fsp3) is 1.00. The van der Waals surface area contributed by atoms with Gasteiger partial charge in [-0.15, -0.1) is 0 Å². The summed E-state index contributed by atoms with van der Waals surface area (Å²) in [5.74, 6) is 0. The Kier molecular flexibility index (Phi) is 5.73. The van der Waals surface area contributed by atoms with Crippen LogP contribution in [0.2, 0.25) is 0 Å². The minimum absolute atomic E-state index is 0.648. The van der Waals surface area contributed by atoms with Gasteiger partial charge in [0.05, 0.1) is 0 Å². The Morgan fingerprint density at radius 3 is 2.31 bits per heavy atom. The maximum Gasteiger partial charge on any atom is 0.0195 e. The van der Waals surface area contributed by atoms with Gasteiger partial charge in [-0.1, -0.05) is 6.92 Å². The van der Waals surface area contributed by atoms with Crippen LogP contribution in [0.15, 0.2) is 0 Å². The highest BCUT2D eigenvalue weighted by Crippen LogP contribution is 2.13. The summed E-state index contributed by atoms with van der Waals surface area (Å²) in [6.45, 7) is 13.9. The second kappa shape index (κ2) is 6.58. The van der Waals surface area contributed by atoms with Crippen molar-refractivity contribution in [2.45, 2.75) is 52.2 Å². The molecule has 1 heterocycles. The number of likely N-dealkylation sites (N-methyl/N-ethyl adjacent to an activating group) is 1. The third-order valence-electron chi connectivity index (χ3n) is 3.87. The maximum absolute atomic E-state index is 3.48. The third-order valence-corrected chi connectivity index (χ3v) is 3.87. The SMILES string of the molecule is CCNC(C)CCN1CC(C)N(C)C(C)C1. The van der Waals surface area contributed by atoms with Crippen molar-refractivity contribution in [2.24, 2.45) is 0 Å². The zero-order valence-electron chi connectivity index (χ0n) is 11.7. The molecule has 96 valence electrons. The van der Waals surface area contributed by atoms with E-state index in [0.717, 1.165) is 6.54 Å². The molecule has 0 aromatic carbocycles. The highest BCUT2D eigenvalue weighted by molar-refractivity contribution is 4.83. The van der Waals surface area contributed by atoms with Crippen molar-refractivity contribution in [1.82, 2.24) is 15.1 Å². The molecule has 0 aromatic heterocycles. The first-order valence-electron chi connectivity index (χ1n) is 6.72. The molecule has 3 atom stereocenters. The summed E-state index contributed by atoms with van der Waals surface area (Å²) in [7, 11) is 2.24. The largest absolute Gasteiger partial charge is 0.314 e. The topological polar surface area (TPSA) is 18.5 Å². The number of nitrogens with one attached hydrogen (secondary N) is 1. The van der Waals surface area contributed by atoms with Crippen LogP contribution >= 0.6 is 0 Å². The second-order valence-electron chi connectivity index (χ2n) is 5.37. The zero-order valence-corrected chi connectivity index (χ0v) is 11.7. The van der Waals surface area contributed by atoms with Crippen molar-refractivity contribution in [1.29, 1.82) is 0 Å². The highest BCUT2D eigenvalue weighted by atomic mass is 15.3. The van der Waals surface area contributed by atoms with Crippen molar-refractivity contribution in [2.75, 3.05) is 33.2 Å². The van der Waals surface area contributed by atoms with Gasteiger partial charge >= 0.3 is 0 Å². The van der Waals surface area contributed by atoms with Gasteiger partial charge in [0.2, 0.25) is 0 Å². The molecule has 0 radical (unpaired) electrons. The molecule has 3 unspecified atom stereocenters. The van der Waals surface area contributed by atoms with Gasteiger partial charge in [0.1, 0.15) is 0 Å². The number of piperazine rings is 1. The van der Waals surface area contributed by atoms with E-state index in [2.05, 4.69) is 49.9 Å². The quantitative estimate of drug-likeness (QED) is 0.766. The van der Waals surface area contributed by atoms with Crippen LogP contribution in [-0.2, 0) is 0 Å². The van der Waals surface area contributed by atoms with E-state index in [1.165, 1.54) is 26.1 Å². The molecule has 1 saturated heterocycles. The summed E-state index contributed by atoms with van der Waals surface area (Å²) in [5.41, 5.74) is 0. The van der Waals surface area contributed by atoms with Gasteiger partial charge in [0.25, 0.3) is 0 Å². The minimum Gasteiger partial charge on any atom is -0.314 e. The summed E-state index contributed by atoms with van der Waals surface area (Å²) in [4.78, 5) is 5.10. The minimum atomic E-state index is 0.648. The molecule has 0 aliphatic carbocycles. The van der Waals surface area contributed by atoms with E-state index in [1.807, 2.05) is 0 Å². The summed E-state index contributed by atoms with van der Waals surface area (Å²) in [5, 5.41) is 3.48. The van der Waals surface area contributed by atoms with Gasteiger partial charge in [-0.2, -0.15) is 0 Å². The molecule has 1 rings (SSSR count). The average Bonchev–Trinajstić information content (AvgIpc) is 2.23. The standard InChI is InChI=1S/C13H29N3/c1-6-14-11(2)7-8-16-9-12(3)15(5)13(4)10-16/h11-14H,6-10H2,1-5H3. The van der Waals surface area contributed by atoms with Crippen LogP contribution in [0.5, 0.6) is 0 Å². The fourth-order valence-electron chi connectivity index (χ4n) is 2.52. The summed E-state index contributed by atoms with van der Waals surface area (Å²) < 4.78 is 0. The molecular formula is C13H29N3. The molecule has 0 spiro atoms. The lowest BCUT2D eigenvalue weighted by Crippen LogP contribution is -2.55. The lowest BCUT2D eigenvalue weighted by atomic mass is 10.1. The predicted octanol–water partition coefficient (Wildman–Crippen LogP) is 1.40. The molecule has 1 aliphatic heterocycles.